The smallest absolute Gasteiger partial charge is 0.289 e. The fourth-order valence-corrected chi connectivity index (χ4v) is 4.76. The molecular formula is C26H26N6O3. The van der Waals surface area contributed by atoms with E-state index in [0.717, 1.165) is 29.6 Å². The van der Waals surface area contributed by atoms with Crippen LogP contribution < -0.4 is 5.32 Å². The van der Waals surface area contributed by atoms with Crippen molar-refractivity contribution >= 4 is 22.8 Å². The second-order valence-electron chi connectivity index (χ2n) is 9.27. The Morgan fingerprint density at radius 2 is 1.91 bits per heavy atom. The number of nitrogens with zero attached hydrogens (tertiary/aromatic N) is 5. The summed E-state index contributed by atoms with van der Waals surface area (Å²) in [5.74, 6) is 1.17. The number of hydrogen-bond acceptors (Lipinski definition) is 6. The van der Waals surface area contributed by atoms with Crippen molar-refractivity contribution in [1.82, 2.24) is 30.0 Å². The van der Waals surface area contributed by atoms with Crippen LogP contribution in [0.1, 0.15) is 63.9 Å². The van der Waals surface area contributed by atoms with Crippen molar-refractivity contribution in [2.45, 2.75) is 44.6 Å². The number of carbonyl (C=O) groups is 2. The topological polar surface area (TPSA) is 106 Å². The molecule has 2 amide bonds. The van der Waals surface area contributed by atoms with Gasteiger partial charge in [0.1, 0.15) is 0 Å². The Balaban J connectivity index is 1.25. The fourth-order valence-electron chi connectivity index (χ4n) is 4.76. The Hall–Kier alpha value is -4.01. The van der Waals surface area contributed by atoms with Gasteiger partial charge in [-0.2, -0.15) is 9.78 Å². The summed E-state index contributed by atoms with van der Waals surface area (Å²) in [5, 5.41) is 8.64. The predicted molar refractivity (Wildman–Crippen MR) is 128 cm³/mol. The number of piperidine rings is 1. The molecule has 6 rings (SSSR count). The van der Waals surface area contributed by atoms with E-state index in [9.17, 15) is 9.59 Å². The number of carbonyl (C=O) groups excluding carboxylic acids is 2. The van der Waals surface area contributed by atoms with Crippen molar-refractivity contribution < 1.29 is 14.0 Å². The number of amides is 2. The third kappa shape index (κ3) is 4.07. The van der Waals surface area contributed by atoms with E-state index in [1.165, 1.54) is 6.26 Å². The maximum absolute atomic E-state index is 13.5. The van der Waals surface area contributed by atoms with Crippen LogP contribution in [0.4, 0.5) is 0 Å². The molecule has 2 aliphatic rings. The molecule has 35 heavy (non-hydrogen) atoms. The monoisotopic (exact) mass is 470 g/mol. The van der Waals surface area contributed by atoms with E-state index in [2.05, 4.69) is 15.4 Å². The summed E-state index contributed by atoms with van der Waals surface area (Å²) >= 11 is 0. The summed E-state index contributed by atoms with van der Waals surface area (Å²) in [5.41, 5.74) is 2.93. The van der Waals surface area contributed by atoms with Crippen LogP contribution >= 0.6 is 0 Å². The number of likely N-dealkylation sites (tertiary alicyclic amines) is 1. The molecule has 0 unspecified atom stereocenters. The van der Waals surface area contributed by atoms with Gasteiger partial charge in [0.05, 0.1) is 22.9 Å². The number of rotatable bonds is 5. The highest BCUT2D eigenvalue weighted by molar-refractivity contribution is 6.07. The zero-order valence-electron chi connectivity index (χ0n) is 19.5. The molecule has 178 valence electrons. The van der Waals surface area contributed by atoms with Crippen molar-refractivity contribution in [3.05, 3.63) is 71.6 Å². The molecule has 4 aromatic rings. The van der Waals surface area contributed by atoms with Gasteiger partial charge in [0, 0.05) is 36.9 Å². The average Bonchev–Trinajstić information content (AvgIpc) is 3.49. The first kappa shape index (κ1) is 21.5. The van der Waals surface area contributed by atoms with Gasteiger partial charge in [0.15, 0.2) is 17.2 Å². The Morgan fingerprint density at radius 1 is 1.09 bits per heavy atom. The van der Waals surface area contributed by atoms with Crippen molar-refractivity contribution in [2.75, 3.05) is 13.1 Å². The molecule has 1 saturated heterocycles. The maximum atomic E-state index is 13.5. The first-order chi connectivity index (χ1) is 17.1. The molecule has 1 aliphatic carbocycles. The molecule has 1 saturated carbocycles. The third-order valence-electron chi connectivity index (χ3n) is 6.79. The zero-order valence-corrected chi connectivity index (χ0v) is 19.5. The molecule has 1 N–H and O–H groups in total. The molecule has 9 heteroatoms. The fraction of sp³-hybridized carbons (Fsp3) is 0.346. The molecule has 1 aliphatic heterocycles. The summed E-state index contributed by atoms with van der Waals surface area (Å²) in [6.45, 7) is 3.04. The minimum absolute atomic E-state index is 0.0121. The van der Waals surface area contributed by atoms with Gasteiger partial charge in [-0.15, -0.1) is 0 Å². The summed E-state index contributed by atoms with van der Waals surface area (Å²) in [6.07, 6.45) is 6.77. The summed E-state index contributed by atoms with van der Waals surface area (Å²) < 4.78 is 6.97. The second kappa shape index (κ2) is 8.65. The third-order valence-corrected chi connectivity index (χ3v) is 6.79. The van der Waals surface area contributed by atoms with Gasteiger partial charge in [0.25, 0.3) is 11.8 Å². The van der Waals surface area contributed by atoms with Gasteiger partial charge in [-0.05, 0) is 62.9 Å². The number of pyridine rings is 2. The standard InChI is InChI=1S/C26H26N6O3/c1-16-23-19(25(33)28-18-9-12-31(13-10-18)26(34)21-5-4-14-35-21)15-20(17-7-8-17)29-24(23)32(30-16)22-6-2-3-11-27-22/h2-6,11,14-15,17-18H,7-10,12-13H2,1H3,(H,28,33). The van der Waals surface area contributed by atoms with Crippen LogP contribution in [0.25, 0.3) is 16.9 Å². The van der Waals surface area contributed by atoms with Crippen LogP contribution in [0.15, 0.2) is 53.3 Å². The van der Waals surface area contributed by atoms with Gasteiger partial charge in [-0.25, -0.2) is 9.97 Å². The van der Waals surface area contributed by atoms with E-state index in [0.29, 0.717) is 54.6 Å². The molecule has 0 bridgehead atoms. The Morgan fingerprint density at radius 3 is 2.60 bits per heavy atom. The molecule has 2 fully saturated rings. The van der Waals surface area contributed by atoms with Crippen molar-refractivity contribution in [3.8, 4) is 5.82 Å². The van der Waals surface area contributed by atoms with E-state index in [-0.39, 0.29) is 17.9 Å². The summed E-state index contributed by atoms with van der Waals surface area (Å²) in [6, 6.07) is 11.0. The van der Waals surface area contributed by atoms with Gasteiger partial charge in [-0.1, -0.05) is 6.07 Å². The summed E-state index contributed by atoms with van der Waals surface area (Å²) in [4.78, 5) is 37.2. The second-order valence-corrected chi connectivity index (χ2v) is 9.27. The van der Waals surface area contributed by atoms with Crippen LogP contribution in [0.5, 0.6) is 0 Å². The highest BCUT2D eigenvalue weighted by Gasteiger charge is 2.31. The van der Waals surface area contributed by atoms with Crippen LogP contribution in [0, 0.1) is 6.92 Å². The minimum Gasteiger partial charge on any atom is -0.459 e. The van der Waals surface area contributed by atoms with Crippen LogP contribution in [0.3, 0.4) is 0 Å². The molecule has 0 spiro atoms. The van der Waals surface area contributed by atoms with Crippen LogP contribution in [-0.4, -0.2) is 55.6 Å². The molecule has 9 nitrogen and oxygen atoms in total. The minimum atomic E-state index is -0.126. The molecule has 5 heterocycles. The van der Waals surface area contributed by atoms with Crippen molar-refractivity contribution in [1.29, 1.82) is 0 Å². The molecular weight excluding hydrogens is 444 g/mol. The maximum Gasteiger partial charge on any atom is 0.289 e. The van der Waals surface area contributed by atoms with Crippen molar-refractivity contribution in [2.24, 2.45) is 0 Å². The highest BCUT2D eigenvalue weighted by atomic mass is 16.3. The number of aryl methyl sites for hydroxylation is 1. The first-order valence-electron chi connectivity index (χ1n) is 12.0. The Bertz CT molecular complexity index is 1380. The van der Waals surface area contributed by atoms with Crippen molar-refractivity contribution in [3.63, 3.8) is 0 Å². The first-order valence-corrected chi connectivity index (χ1v) is 12.0. The number of fused-ring (bicyclic) bond motifs is 1. The van der Waals surface area contributed by atoms with Crippen LogP contribution in [0.2, 0.25) is 0 Å². The number of nitrogens with one attached hydrogen (secondary N) is 1. The predicted octanol–water partition coefficient (Wildman–Crippen LogP) is 3.63. The normalized spacial score (nSPS) is 16.5. The van der Waals surface area contributed by atoms with Gasteiger partial charge in [0.2, 0.25) is 0 Å². The van der Waals surface area contributed by atoms with E-state index < -0.39 is 0 Å². The van der Waals surface area contributed by atoms with Gasteiger partial charge in [-0.3, -0.25) is 9.59 Å². The van der Waals surface area contributed by atoms with Crippen LogP contribution in [-0.2, 0) is 0 Å². The highest BCUT2D eigenvalue weighted by Crippen LogP contribution is 2.40. The largest absolute Gasteiger partial charge is 0.459 e. The quantitative estimate of drug-likeness (QED) is 0.477. The van der Waals surface area contributed by atoms with E-state index in [1.807, 2.05) is 31.2 Å². The SMILES string of the molecule is Cc1nn(-c2ccccn2)c2nc(C3CC3)cc(C(=O)NC3CCN(C(=O)c4ccco4)CC3)c12. The molecule has 0 aromatic carbocycles. The molecule has 0 atom stereocenters. The van der Waals surface area contributed by atoms with Gasteiger partial charge >= 0.3 is 0 Å². The molecule has 4 aromatic heterocycles. The lowest BCUT2D eigenvalue weighted by Crippen LogP contribution is -2.46. The lowest BCUT2D eigenvalue weighted by Gasteiger charge is -2.32. The van der Waals surface area contributed by atoms with E-state index in [4.69, 9.17) is 9.40 Å². The van der Waals surface area contributed by atoms with E-state index >= 15 is 0 Å². The lowest BCUT2D eigenvalue weighted by molar-refractivity contribution is 0.0667. The number of hydrogen-bond donors (Lipinski definition) is 1. The number of furan rings is 1. The Labute approximate surface area is 202 Å². The zero-order chi connectivity index (χ0) is 23.9. The molecule has 0 radical (unpaired) electrons. The van der Waals surface area contributed by atoms with E-state index in [1.54, 1.807) is 27.9 Å². The summed E-state index contributed by atoms with van der Waals surface area (Å²) in [7, 11) is 0. The Kier molecular flexibility index (Phi) is 5.32. The number of aromatic nitrogens is 4. The average molecular weight is 471 g/mol. The van der Waals surface area contributed by atoms with Gasteiger partial charge < -0.3 is 14.6 Å². The lowest BCUT2D eigenvalue weighted by atomic mass is 10.0.